The van der Waals surface area contributed by atoms with Gasteiger partial charge in [0.05, 0.1) is 38.3 Å². The van der Waals surface area contributed by atoms with Gasteiger partial charge in [-0.05, 0) is 29.1 Å². The maximum absolute atomic E-state index is 13.5. The Morgan fingerprint density at radius 3 is 1.83 bits per heavy atom. The average molecular weight is 578 g/mol. The quantitative estimate of drug-likeness (QED) is 0.104. The molecule has 1 fully saturated rings. The van der Waals surface area contributed by atoms with Gasteiger partial charge in [-0.2, -0.15) is 0 Å². The second-order valence-electron chi connectivity index (χ2n) is 10.0. The molecule has 0 aliphatic carbocycles. The molecule has 0 bridgehead atoms. The lowest BCUT2D eigenvalue weighted by Gasteiger charge is -2.44. The summed E-state index contributed by atoms with van der Waals surface area (Å²) in [5, 5.41) is 3.90. The summed E-state index contributed by atoms with van der Waals surface area (Å²) in [4.78, 5) is 2.98. The molecule has 0 saturated carbocycles. The molecule has 0 radical (unpaired) electrons. The van der Waals surface area contributed by atoms with E-state index in [-0.39, 0.29) is 25.6 Å². The molecular weight excluding hydrogens is 542 g/mol. The predicted molar refractivity (Wildman–Crippen MR) is 156 cm³/mol. The van der Waals surface area contributed by atoms with Gasteiger partial charge in [0.1, 0.15) is 18.2 Å². The fourth-order valence-corrected chi connectivity index (χ4v) is 6.52. The lowest BCUT2D eigenvalue weighted by molar-refractivity contribution is -0.212. The third-order valence-electron chi connectivity index (χ3n) is 6.57. The highest BCUT2D eigenvalue weighted by atomic mass is 32.2. The Kier molecular flexibility index (Phi) is 11.1. The van der Waals surface area contributed by atoms with Crippen molar-refractivity contribution in [1.29, 1.82) is 0 Å². The van der Waals surface area contributed by atoms with Gasteiger partial charge in [0, 0.05) is 4.91 Å². The summed E-state index contributed by atoms with van der Waals surface area (Å²) in [7, 11) is -3.95. The Hall–Kier alpha value is -3.50. The minimum atomic E-state index is -3.95. The molecule has 0 amide bonds. The Morgan fingerprint density at radius 1 is 0.854 bits per heavy atom. The van der Waals surface area contributed by atoms with Crippen LogP contribution >= 0.6 is 0 Å². The molecule has 9 nitrogen and oxygen atoms in total. The van der Waals surface area contributed by atoms with E-state index in [0.29, 0.717) is 12.2 Å². The molecule has 10 heteroatoms. The van der Waals surface area contributed by atoms with Gasteiger partial charge in [-0.1, -0.05) is 108 Å². The van der Waals surface area contributed by atoms with E-state index in [1.165, 1.54) is 0 Å². The standard InChI is InChI=1S/C31H35N3O6S/c1-23(2)22-41(35,36)31-28(33-34-32)30(39-20-26-16-10-5-11-17-26)29(38-19-25-14-8-4-9-15-25)27(40-31)21-37-18-24-12-6-3-7-13-24/h3-17,27-31H,1,18-22H2,2H3. The number of ether oxygens (including phenoxy) is 4. The summed E-state index contributed by atoms with van der Waals surface area (Å²) in [6.45, 7) is 6.07. The first-order valence-electron chi connectivity index (χ1n) is 13.4. The number of benzene rings is 3. The second kappa shape index (κ2) is 14.9. The van der Waals surface area contributed by atoms with Crippen LogP contribution in [-0.2, 0) is 48.6 Å². The van der Waals surface area contributed by atoms with E-state index in [2.05, 4.69) is 16.6 Å². The first-order valence-corrected chi connectivity index (χ1v) is 15.1. The van der Waals surface area contributed by atoms with Gasteiger partial charge < -0.3 is 18.9 Å². The fraction of sp³-hybridized carbons (Fsp3) is 0.355. The molecule has 0 aromatic heterocycles. The topological polar surface area (TPSA) is 120 Å². The third-order valence-corrected chi connectivity index (χ3v) is 8.56. The van der Waals surface area contributed by atoms with Gasteiger partial charge in [0.2, 0.25) is 0 Å². The fourth-order valence-electron chi connectivity index (χ4n) is 4.72. The molecule has 1 aliphatic rings. The number of azide groups is 1. The van der Waals surface area contributed by atoms with Gasteiger partial charge >= 0.3 is 0 Å². The molecule has 216 valence electrons. The van der Waals surface area contributed by atoms with Crippen molar-refractivity contribution in [3.8, 4) is 0 Å². The molecule has 1 saturated heterocycles. The van der Waals surface area contributed by atoms with E-state index >= 15 is 0 Å². The monoisotopic (exact) mass is 577 g/mol. The molecule has 3 aromatic carbocycles. The van der Waals surface area contributed by atoms with Crippen LogP contribution in [0.15, 0.2) is 108 Å². The SMILES string of the molecule is C=C(C)CS(=O)(=O)C1OC(COCc2ccccc2)C(OCc2ccccc2)C(OCc2ccccc2)C1N=[N+]=[N-]. The minimum absolute atomic E-state index is 0.0294. The van der Waals surface area contributed by atoms with Crippen LogP contribution in [0.25, 0.3) is 10.4 Å². The molecule has 0 N–H and O–H groups in total. The zero-order valence-electron chi connectivity index (χ0n) is 23.0. The highest BCUT2D eigenvalue weighted by molar-refractivity contribution is 7.92. The molecule has 0 spiro atoms. The van der Waals surface area contributed by atoms with E-state index in [9.17, 15) is 13.9 Å². The van der Waals surface area contributed by atoms with Crippen molar-refractivity contribution in [2.45, 2.75) is 56.5 Å². The van der Waals surface area contributed by atoms with Crippen LogP contribution in [0.5, 0.6) is 0 Å². The summed E-state index contributed by atoms with van der Waals surface area (Å²) >= 11 is 0. The van der Waals surface area contributed by atoms with E-state index in [4.69, 9.17) is 18.9 Å². The molecule has 5 atom stereocenters. The third kappa shape index (κ3) is 8.74. The summed E-state index contributed by atoms with van der Waals surface area (Å²) in [5.41, 5.74) is 11.2. The second-order valence-corrected chi connectivity index (χ2v) is 12.1. The van der Waals surface area contributed by atoms with Gasteiger partial charge in [0.15, 0.2) is 15.3 Å². The van der Waals surface area contributed by atoms with Gasteiger partial charge in [0.25, 0.3) is 0 Å². The molecule has 41 heavy (non-hydrogen) atoms. The van der Waals surface area contributed by atoms with Crippen molar-refractivity contribution in [3.05, 3.63) is 130 Å². The summed E-state index contributed by atoms with van der Waals surface area (Å²) in [5.74, 6) is -0.326. The Bertz CT molecular complexity index is 1400. The van der Waals surface area contributed by atoms with E-state index in [0.717, 1.165) is 16.7 Å². The largest absolute Gasteiger partial charge is 0.374 e. The van der Waals surface area contributed by atoms with Crippen LogP contribution in [0.3, 0.4) is 0 Å². The van der Waals surface area contributed by atoms with Crippen LogP contribution in [0.1, 0.15) is 23.6 Å². The lowest BCUT2D eigenvalue weighted by atomic mass is 9.97. The van der Waals surface area contributed by atoms with Crippen molar-refractivity contribution in [3.63, 3.8) is 0 Å². The molecule has 5 unspecified atom stereocenters. The van der Waals surface area contributed by atoms with Crippen molar-refractivity contribution >= 4 is 9.84 Å². The number of nitrogens with zero attached hydrogens (tertiary/aromatic N) is 3. The Balaban J connectivity index is 1.67. The smallest absolute Gasteiger partial charge is 0.181 e. The van der Waals surface area contributed by atoms with Crippen LogP contribution in [0.2, 0.25) is 0 Å². The molecule has 1 heterocycles. The van der Waals surface area contributed by atoms with Gasteiger partial charge in [-0.3, -0.25) is 0 Å². The highest BCUT2D eigenvalue weighted by Crippen LogP contribution is 2.33. The summed E-state index contributed by atoms with van der Waals surface area (Å²) in [6.07, 6.45) is -2.58. The van der Waals surface area contributed by atoms with Gasteiger partial charge in [-0.15, -0.1) is 0 Å². The van der Waals surface area contributed by atoms with E-state index in [1.54, 1.807) is 6.92 Å². The van der Waals surface area contributed by atoms with E-state index < -0.39 is 39.6 Å². The summed E-state index contributed by atoms with van der Waals surface area (Å²) in [6, 6.07) is 27.5. The number of sulfone groups is 1. The van der Waals surface area contributed by atoms with Crippen molar-refractivity contribution in [1.82, 2.24) is 0 Å². The normalized spacial score (nSPS) is 22.5. The number of hydrogen-bond donors (Lipinski definition) is 0. The molecular formula is C31H35N3O6S. The van der Waals surface area contributed by atoms with Crippen molar-refractivity contribution < 1.29 is 27.4 Å². The zero-order chi connectivity index (χ0) is 29.1. The average Bonchev–Trinajstić information content (AvgIpc) is 2.97. The lowest BCUT2D eigenvalue weighted by Crippen LogP contribution is -2.61. The number of rotatable bonds is 14. The Labute approximate surface area is 241 Å². The van der Waals surface area contributed by atoms with Gasteiger partial charge in [-0.25, -0.2) is 8.42 Å². The molecule has 4 rings (SSSR count). The molecule has 3 aromatic rings. The predicted octanol–water partition coefficient (Wildman–Crippen LogP) is 5.77. The minimum Gasteiger partial charge on any atom is -0.374 e. The van der Waals surface area contributed by atoms with Crippen LogP contribution < -0.4 is 0 Å². The zero-order valence-corrected chi connectivity index (χ0v) is 23.8. The number of hydrogen-bond acceptors (Lipinski definition) is 7. The molecule has 1 aliphatic heterocycles. The van der Waals surface area contributed by atoms with Crippen LogP contribution in [0, 0.1) is 0 Å². The van der Waals surface area contributed by atoms with Crippen LogP contribution in [0.4, 0.5) is 0 Å². The maximum atomic E-state index is 13.5. The Morgan fingerprint density at radius 2 is 1.34 bits per heavy atom. The first kappa shape index (κ1) is 30.5. The van der Waals surface area contributed by atoms with Crippen molar-refractivity contribution in [2.75, 3.05) is 12.4 Å². The summed E-state index contributed by atoms with van der Waals surface area (Å²) < 4.78 is 52.0. The maximum Gasteiger partial charge on any atom is 0.181 e. The van der Waals surface area contributed by atoms with E-state index in [1.807, 2.05) is 91.0 Å². The first-order chi connectivity index (χ1) is 19.9. The van der Waals surface area contributed by atoms with Crippen molar-refractivity contribution in [2.24, 2.45) is 5.11 Å². The van der Waals surface area contributed by atoms with Crippen LogP contribution in [-0.4, -0.2) is 50.6 Å². The highest BCUT2D eigenvalue weighted by Gasteiger charge is 2.51.